The third kappa shape index (κ3) is 3.47. The van der Waals surface area contributed by atoms with Gasteiger partial charge in [-0.25, -0.2) is 0 Å². The molecule has 1 aromatic carbocycles. The molecule has 0 aliphatic rings. The van der Waals surface area contributed by atoms with Crippen LogP contribution < -0.4 is 0 Å². The molecule has 2 N–H and O–H groups in total. The lowest BCUT2D eigenvalue weighted by atomic mass is 10.0. The van der Waals surface area contributed by atoms with Gasteiger partial charge < -0.3 is 14.9 Å². The van der Waals surface area contributed by atoms with Gasteiger partial charge in [0.25, 0.3) is 0 Å². The van der Waals surface area contributed by atoms with Gasteiger partial charge in [-0.15, -0.1) is 6.58 Å². The second-order valence-corrected chi connectivity index (χ2v) is 3.20. The molecule has 0 bridgehead atoms. The number of aliphatic hydroxyl groups excluding tert-OH is 2. The van der Waals surface area contributed by atoms with Crippen LogP contribution in [0.1, 0.15) is 11.7 Å². The van der Waals surface area contributed by atoms with Gasteiger partial charge in [-0.2, -0.15) is 0 Å². The van der Waals surface area contributed by atoms with Crippen molar-refractivity contribution >= 4 is 0 Å². The van der Waals surface area contributed by atoms with Crippen LogP contribution in [0.4, 0.5) is 0 Å². The van der Waals surface area contributed by atoms with E-state index in [1.165, 1.54) is 0 Å². The zero-order valence-corrected chi connectivity index (χ0v) is 8.54. The summed E-state index contributed by atoms with van der Waals surface area (Å²) in [4.78, 5) is 0. The summed E-state index contributed by atoms with van der Waals surface area (Å²) in [6.07, 6.45) is 0.196. The molecule has 1 rings (SSSR count). The topological polar surface area (TPSA) is 49.7 Å². The van der Waals surface area contributed by atoms with Crippen molar-refractivity contribution in [3.8, 4) is 0 Å². The van der Waals surface area contributed by atoms with Gasteiger partial charge in [-0.3, -0.25) is 0 Å². The number of rotatable bonds is 6. The van der Waals surface area contributed by atoms with Crippen LogP contribution in [0.25, 0.3) is 0 Å². The molecule has 0 spiro atoms. The number of hydrogen-bond acceptors (Lipinski definition) is 3. The fraction of sp³-hybridized carbons (Fsp3) is 0.333. The smallest absolute Gasteiger partial charge is 0.111 e. The normalized spacial score (nSPS) is 14.5. The van der Waals surface area contributed by atoms with Crippen molar-refractivity contribution in [1.82, 2.24) is 0 Å². The molecule has 3 heteroatoms. The zero-order valence-electron chi connectivity index (χ0n) is 8.54. The van der Waals surface area contributed by atoms with Crippen molar-refractivity contribution in [2.75, 3.05) is 13.2 Å². The number of benzene rings is 1. The first-order valence-electron chi connectivity index (χ1n) is 4.86. The Morgan fingerprint density at radius 2 is 2.00 bits per heavy atom. The van der Waals surface area contributed by atoms with Crippen molar-refractivity contribution in [3.63, 3.8) is 0 Å². The lowest BCUT2D eigenvalue weighted by molar-refractivity contribution is -0.0510. The summed E-state index contributed by atoms with van der Waals surface area (Å²) >= 11 is 0. The lowest BCUT2D eigenvalue weighted by Crippen LogP contribution is -2.24. The van der Waals surface area contributed by atoms with E-state index in [9.17, 15) is 5.11 Å². The van der Waals surface area contributed by atoms with Crippen LogP contribution in [0.2, 0.25) is 0 Å². The Balaban J connectivity index is 2.76. The standard InChI is InChI=1S/C12H16O3/c1-2-8-15-12(11(14)9-13)10-6-4-3-5-7-10/h2-7,11-14H,1,8-9H2. The van der Waals surface area contributed by atoms with E-state index in [4.69, 9.17) is 9.84 Å². The predicted octanol–water partition coefficient (Wildman–Crippen LogP) is 1.28. The van der Waals surface area contributed by atoms with Crippen molar-refractivity contribution in [3.05, 3.63) is 48.6 Å². The molecule has 0 saturated carbocycles. The molecular formula is C12H16O3. The Kier molecular flexibility index (Phi) is 5.04. The summed E-state index contributed by atoms with van der Waals surface area (Å²) in [6, 6.07) is 9.33. The van der Waals surface area contributed by atoms with E-state index >= 15 is 0 Å². The van der Waals surface area contributed by atoms with E-state index in [1.807, 2.05) is 30.3 Å². The molecule has 0 heterocycles. The lowest BCUT2D eigenvalue weighted by Gasteiger charge is -2.21. The molecular weight excluding hydrogens is 192 g/mol. The van der Waals surface area contributed by atoms with Crippen LogP contribution in [0.5, 0.6) is 0 Å². The molecule has 0 amide bonds. The monoisotopic (exact) mass is 208 g/mol. The fourth-order valence-corrected chi connectivity index (χ4v) is 1.34. The Morgan fingerprint density at radius 1 is 1.33 bits per heavy atom. The highest BCUT2D eigenvalue weighted by Gasteiger charge is 2.20. The quantitative estimate of drug-likeness (QED) is 0.692. The highest BCUT2D eigenvalue weighted by Crippen LogP contribution is 2.20. The summed E-state index contributed by atoms with van der Waals surface area (Å²) in [5, 5.41) is 18.5. The summed E-state index contributed by atoms with van der Waals surface area (Å²) in [7, 11) is 0. The minimum Gasteiger partial charge on any atom is -0.394 e. The SMILES string of the molecule is C=CCOC(c1ccccc1)C(O)CO. The highest BCUT2D eigenvalue weighted by atomic mass is 16.5. The zero-order chi connectivity index (χ0) is 11.1. The van der Waals surface area contributed by atoms with Gasteiger partial charge in [-0.05, 0) is 5.56 Å². The third-order valence-corrected chi connectivity index (χ3v) is 2.06. The van der Waals surface area contributed by atoms with Crippen LogP contribution in [-0.2, 0) is 4.74 Å². The molecule has 2 atom stereocenters. The van der Waals surface area contributed by atoms with Gasteiger partial charge >= 0.3 is 0 Å². The van der Waals surface area contributed by atoms with E-state index in [-0.39, 0.29) is 6.61 Å². The maximum atomic E-state index is 9.59. The minimum absolute atomic E-state index is 0.323. The third-order valence-electron chi connectivity index (χ3n) is 2.06. The minimum atomic E-state index is -0.910. The van der Waals surface area contributed by atoms with E-state index in [1.54, 1.807) is 6.08 Å². The first kappa shape index (κ1) is 11.9. The molecule has 3 nitrogen and oxygen atoms in total. The molecule has 15 heavy (non-hydrogen) atoms. The highest BCUT2D eigenvalue weighted by molar-refractivity contribution is 5.18. The summed E-state index contributed by atoms with van der Waals surface area (Å²) in [6.45, 7) is 3.56. The summed E-state index contributed by atoms with van der Waals surface area (Å²) < 4.78 is 5.40. The molecule has 0 aromatic heterocycles. The molecule has 0 saturated heterocycles. The summed E-state index contributed by atoms with van der Waals surface area (Å²) in [5.74, 6) is 0. The first-order chi connectivity index (χ1) is 7.29. The van der Waals surface area contributed by atoms with Crippen LogP contribution in [0.3, 0.4) is 0 Å². The van der Waals surface area contributed by atoms with Crippen molar-refractivity contribution in [2.24, 2.45) is 0 Å². The maximum absolute atomic E-state index is 9.59. The van der Waals surface area contributed by atoms with Crippen LogP contribution in [0, 0.1) is 0 Å². The van der Waals surface area contributed by atoms with E-state index in [2.05, 4.69) is 6.58 Å². The average Bonchev–Trinajstić information content (AvgIpc) is 2.30. The molecule has 0 radical (unpaired) electrons. The molecule has 1 aromatic rings. The van der Waals surface area contributed by atoms with E-state index in [0.717, 1.165) is 5.56 Å². The first-order valence-corrected chi connectivity index (χ1v) is 4.86. The molecule has 0 aliphatic carbocycles. The predicted molar refractivity (Wildman–Crippen MR) is 58.4 cm³/mol. The van der Waals surface area contributed by atoms with Crippen molar-refractivity contribution in [2.45, 2.75) is 12.2 Å². The average molecular weight is 208 g/mol. The maximum Gasteiger partial charge on any atom is 0.111 e. The largest absolute Gasteiger partial charge is 0.394 e. The molecule has 82 valence electrons. The Morgan fingerprint density at radius 3 is 2.53 bits per heavy atom. The molecule has 0 aliphatic heterocycles. The number of hydrogen-bond donors (Lipinski definition) is 2. The van der Waals surface area contributed by atoms with E-state index < -0.39 is 12.2 Å². The van der Waals surface area contributed by atoms with Gasteiger partial charge in [0.2, 0.25) is 0 Å². The Hall–Kier alpha value is -1.16. The van der Waals surface area contributed by atoms with Crippen LogP contribution >= 0.6 is 0 Å². The number of aliphatic hydroxyl groups is 2. The van der Waals surface area contributed by atoms with Gasteiger partial charge in [0.15, 0.2) is 0 Å². The second kappa shape index (κ2) is 6.35. The van der Waals surface area contributed by atoms with Crippen molar-refractivity contribution in [1.29, 1.82) is 0 Å². The Bertz CT molecular complexity index is 284. The molecule has 2 unspecified atom stereocenters. The molecule has 0 fully saturated rings. The van der Waals surface area contributed by atoms with Gasteiger partial charge in [0.05, 0.1) is 13.2 Å². The van der Waals surface area contributed by atoms with E-state index in [0.29, 0.717) is 6.61 Å². The van der Waals surface area contributed by atoms with Gasteiger partial charge in [0.1, 0.15) is 12.2 Å². The Labute approximate surface area is 89.6 Å². The van der Waals surface area contributed by atoms with Gasteiger partial charge in [-0.1, -0.05) is 36.4 Å². The summed E-state index contributed by atoms with van der Waals surface area (Å²) in [5.41, 5.74) is 0.848. The second-order valence-electron chi connectivity index (χ2n) is 3.20. The fourth-order valence-electron chi connectivity index (χ4n) is 1.34. The van der Waals surface area contributed by atoms with Crippen molar-refractivity contribution < 1.29 is 14.9 Å². The number of ether oxygens (including phenoxy) is 1. The van der Waals surface area contributed by atoms with Crippen LogP contribution in [-0.4, -0.2) is 29.5 Å². The van der Waals surface area contributed by atoms with Crippen LogP contribution in [0.15, 0.2) is 43.0 Å². The van der Waals surface area contributed by atoms with Gasteiger partial charge in [0, 0.05) is 0 Å².